The largest absolute Gasteiger partial charge is 0.403 e. The van der Waals surface area contributed by atoms with Crippen molar-refractivity contribution in [3.8, 4) is 22.7 Å². The topological polar surface area (TPSA) is 91.7 Å². The summed E-state index contributed by atoms with van der Waals surface area (Å²) in [7, 11) is 0. The molecule has 2 heterocycles. The maximum atomic E-state index is 14.8. The van der Waals surface area contributed by atoms with Crippen LogP contribution < -0.4 is 10.6 Å². The molecule has 3 N–H and O–H groups in total. The van der Waals surface area contributed by atoms with E-state index in [1.807, 2.05) is 37.3 Å². The first-order valence-electron chi connectivity index (χ1n) is 11.2. The van der Waals surface area contributed by atoms with E-state index in [2.05, 4.69) is 31.0 Å². The van der Waals surface area contributed by atoms with Crippen molar-refractivity contribution < 1.29 is 17.6 Å². The third-order valence-electron chi connectivity index (χ3n) is 5.66. The van der Waals surface area contributed by atoms with Gasteiger partial charge in [-0.2, -0.15) is 5.10 Å². The number of nitrogens with one attached hydrogen (secondary N) is 3. The molecule has 0 amide bonds. The van der Waals surface area contributed by atoms with E-state index in [0.29, 0.717) is 13.0 Å². The lowest BCUT2D eigenvalue weighted by molar-refractivity contribution is 0.511. The van der Waals surface area contributed by atoms with Gasteiger partial charge in [-0.15, -0.1) is 5.10 Å². The molecule has 0 radical (unpaired) electrons. The number of rotatable bonds is 8. The molecule has 7 nitrogen and oxygen atoms in total. The molecule has 0 atom stereocenters. The minimum Gasteiger partial charge on any atom is -0.403 e. The molecule has 0 aliphatic heterocycles. The summed E-state index contributed by atoms with van der Waals surface area (Å²) in [6.45, 7) is 2.21. The summed E-state index contributed by atoms with van der Waals surface area (Å²) in [6, 6.07) is 16.5. The summed E-state index contributed by atoms with van der Waals surface area (Å²) in [5.74, 6) is -2.95. The first-order chi connectivity index (χ1) is 17.5. The molecule has 0 bridgehead atoms. The average molecular weight is 490 g/mol. The molecule has 5 rings (SSSR count). The SMILES string of the molecule is CCc1ccc(Nc2c(-c3nnc(NCc4cn[nH]c4-c4ccccc4)o3)ccc(F)c2F)c(F)c1. The number of hydrogen-bond acceptors (Lipinski definition) is 6. The molecule has 36 heavy (non-hydrogen) atoms. The molecule has 0 spiro atoms. The van der Waals surface area contributed by atoms with E-state index < -0.39 is 17.5 Å². The lowest BCUT2D eigenvalue weighted by Gasteiger charge is -2.13. The highest BCUT2D eigenvalue weighted by Crippen LogP contribution is 2.35. The van der Waals surface area contributed by atoms with Gasteiger partial charge in [-0.05, 0) is 41.8 Å². The summed E-state index contributed by atoms with van der Waals surface area (Å²) < 4.78 is 49.0. The van der Waals surface area contributed by atoms with Gasteiger partial charge in [0.15, 0.2) is 11.6 Å². The lowest BCUT2D eigenvalue weighted by Crippen LogP contribution is -2.02. The van der Waals surface area contributed by atoms with Gasteiger partial charge in [-0.25, -0.2) is 13.2 Å². The summed E-state index contributed by atoms with van der Waals surface area (Å²) in [5.41, 5.74) is 3.21. The highest BCUT2D eigenvalue weighted by atomic mass is 19.2. The van der Waals surface area contributed by atoms with Crippen LogP contribution in [-0.2, 0) is 13.0 Å². The second-order valence-electron chi connectivity index (χ2n) is 7.98. The number of anilines is 3. The Morgan fingerprint density at radius 3 is 2.56 bits per heavy atom. The maximum absolute atomic E-state index is 14.8. The second kappa shape index (κ2) is 9.95. The van der Waals surface area contributed by atoms with Gasteiger partial charge >= 0.3 is 6.01 Å². The number of aryl methyl sites for hydroxylation is 1. The quantitative estimate of drug-likeness (QED) is 0.231. The van der Waals surface area contributed by atoms with Crippen molar-refractivity contribution in [3.05, 3.63) is 95.4 Å². The normalized spacial score (nSPS) is 11.0. The zero-order valence-corrected chi connectivity index (χ0v) is 19.1. The van der Waals surface area contributed by atoms with Crippen LogP contribution in [0.5, 0.6) is 0 Å². The van der Waals surface area contributed by atoms with Crippen molar-refractivity contribution in [2.45, 2.75) is 19.9 Å². The molecule has 10 heteroatoms. The number of nitrogens with zero attached hydrogens (tertiary/aromatic N) is 3. The van der Waals surface area contributed by atoms with Gasteiger partial charge in [0.1, 0.15) is 5.82 Å². The highest BCUT2D eigenvalue weighted by Gasteiger charge is 2.21. The summed E-state index contributed by atoms with van der Waals surface area (Å²) >= 11 is 0. The number of benzene rings is 3. The third kappa shape index (κ3) is 4.65. The van der Waals surface area contributed by atoms with E-state index in [1.54, 1.807) is 12.3 Å². The Morgan fingerprint density at radius 2 is 1.78 bits per heavy atom. The fourth-order valence-electron chi connectivity index (χ4n) is 3.74. The van der Waals surface area contributed by atoms with E-state index in [4.69, 9.17) is 4.42 Å². The van der Waals surface area contributed by atoms with Gasteiger partial charge in [0, 0.05) is 12.1 Å². The van der Waals surface area contributed by atoms with Gasteiger partial charge in [0.2, 0.25) is 0 Å². The Balaban J connectivity index is 1.39. The van der Waals surface area contributed by atoms with E-state index in [0.717, 1.165) is 28.5 Å². The van der Waals surface area contributed by atoms with Crippen LogP contribution in [0.2, 0.25) is 0 Å². The Bertz CT molecular complexity index is 1500. The van der Waals surface area contributed by atoms with Gasteiger partial charge in [-0.3, -0.25) is 5.10 Å². The standard InChI is InChI=1S/C26H21F3N6O/c1-2-15-8-11-21(20(28)12-15)32-24-18(9-10-19(27)22(24)29)25-34-35-26(36-25)30-13-17-14-31-33-23(17)16-6-4-3-5-7-16/h3-12,14,32H,2,13H2,1H3,(H,30,35)(H,31,33). The molecular formula is C26H21F3N6O. The van der Waals surface area contributed by atoms with Crippen molar-refractivity contribution in [1.82, 2.24) is 20.4 Å². The first-order valence-corrected chi connectivity index (χ1v) is 11.2. The lowest BCUT2D eigenvalue weighted by atomic mass is 10.1. The number of halogens is 3. The van der Waals surface area contributed by atoms with Crippen molar-refractivity contribution in [2.75, 3.05) is 10.6 Å². The highest BCUT2D eigenvalue weighted by molar-refractivity contribution is 5.78. The first kappa shape index (κ1) is 23.2. The average Bonchev–Trinajstić information content (AvgIpc) is 3.57. The molecule has 2 aromatic heterocycles. The van der Waals surface area contributed by atoms with E-state index in [1.165, 1.54) is 18.2 Å². The molecule has 182 valence electrons. The van der Waals surface area contributed by atoms with Crippen LogP contribution in [0, 0.1) is 17.5 Å². The Hall–Kier alpha value is -4.60. The van der Waals surface area contributed by atoms with Crippen molar-refractivity contribution in [2.24, 2.45) is 0 Å². The minimum atomic E-state index is -1.19. The van der Waals surface area contributed by atoms with E-state index in [-0.39, 0.29) is 28.8 Å². The zero-order chi connectivity index (χ0) is 25.1. The molecule has 0 aliphatic carbocycles. The summed E-state index contributed by atoms with van der Waals surface area (Å²) in [5, 5.41) is 20.7. The Labute approximate surface area is 204 Å². The van der Waals surface area contributed by atoms with Crippen LogP contribution in [0.25, 0.3) is 22.7 Å². The van der Waals surface area contributed by atoms with Gasteiger partial charge in [0.25, 0.3) is 5.89 Å². The molecular weight excluding hydrogens is 469 g/mol. The van der Waals surface area contributed by atoms with Gasteiger partial charge < -0.3 is 15.1 Å². The fraction of sp³-hybridized carbons (Fsp3) is 0.115. The van der Waals surface area contributed by atoms with Crippen molar-refractivity contribution >= 4 is 17.4 Å². The Kier molecular flexibility index (Phi) is 6.40. The summed E-state index contributed by atoms with van der Waals surface area (Å²) in [4.78, 5) is 0. The van der Waals surface area contributed by atoms with Gasteiger partial charge in [0.05, 0.1) is 28.8 Å². The fourth-order valence-corrected chi connectivity index (χ4v) is 3.74. The van der Waals surface area contributed by atoms with E-state index in [9.17, 15) is 13.2 Å². The maximum Gasteiger partial charge on any atom is 0.316 e. The van der Waals surface area contributed by atoms with Gasteiger partial charge in [-0.1, -0.05) is 48.4 Å². The summed E-state index contributed by atoms with van der Waals surface area (Å²) in [6.07, 6.45) is 2.32. The van der Waals surface area contributed by atoms with Crippen LogP contribution >= 0.6 is 0 Å². The molecule has 3 aromatic carbocycles. The van der Waals surface area contributed by atoms with Crippen LogP contribution in [0.15, 0.2) is 71.3 Å². The predicted octanol–water partition coefficient (Wildman–Crippen LogP) is 6.46. The third-order valence-corrected chi connectivity index (χ3v) is 5.66. The van der Waals surface area contributed by atoms with Crippen molar-refractivity contribution in [3.63, 3.8) is 0 Å². The molecule has 0 aliphatic rings. The molecule has 0 fully saturated rings. The smallest absolute Gasteiger partial charge is 0.316 e. The van der Waals surface area contributed by atoms with E-state index >= 15 is 0 Å². The van der Waals surface area contributed by atoms with Crippen molar-refractivity contribution in [1.29, 1.82) is 0 Å². The zero-order valence-electron chi connectivity index (χ0n) is 19.1. The minimum absolute atomic E-state index is 0.00999. The van der Waals surface area contributed by atoms with Crippen LogP contribution in [-0.4, -0.2) is 20.4 Å². The number of hydrogen-bond donors (Lipinski definition) is 3. The Morgan fingerprint density at radius 1 is 0.944 bits per heavy atom. The van der Waals surface area contributed by atoms with Crippen LogP contribution in [0.4, 0.5) is 30.6 Å². The van der Waals surface area contributed by atoms with Crippen LogP contribution in [0.1, 0.15) is 18.1 Å². The van der Waals surface area contributed by atoms with Crippen LogP contribution in [0.3, 0.4) is 0 Å². The number of aromatic amines is 1. The molecule has 0 unspecified atom stereocenters. The second-order valence-corrected chi connectivity index (χ2v) is 7.98. The molecule has 0 saturated heterocycles. The predicted molar refractivity (Wildman–Crippen MR) is 130 cm³/mol. The number of H-pyrrole nitrogens is 1. The molecule has 0 saturated carbocycles. The molecule has 5 aromatic rings. The number of aromatic nitrogens is 4. The monoisotopic (exact) mass is 490 g/mol.